The summed E-state index contributed by atoms with van der Waals surface area (Å²) in [6.07, 6.45) is 3.79. The number of guanidine groups is 1. The van der Waals surface area contributed by atoms with Crippen LogP contribution in [0.3, 0.4) is 0 Å². The molecule has 1 aromatic carbocycles. The van der Waals surface area contributed by atoms with Gasteiger partial charge in [-0.25, -0.2) is 0 Å². The van der Waals surface area contributed by atoms with E-state index in [2.05, 4.69) is 31.9 Å². The second-order valence-electron chi connectivity index (χ2n) is 7.45. The summed E-state index contributed by atoms with van der Waals surface area (Å²) in [5.74, 6) is 1.62. The lowest BCUT2D eigenvalue weighted by Crippen LogP contribution is -2.52. The highest BCUT2D eigenvalue weighted by Gasteiger charge is 2.21. The predicted octanol–water partition coefficient (Wildman–Crippen LogP) is 2.00. The summed E-state index contributed by atoms with van der Waals surface area (Å²) in [6.45, 7) is 4.71. The third-order valence-electron chi connectivity index (χ3n) is 5.45. The van der Waals surface area contributed by atoms with Crippen LogP contribution < -0.4 is 16.0 Å². The summed E-state index contributed by atoms with van der Waals surface area (Å²) in [4.78, 5) is 18.1. The van der Waals surface area contributed by atoms with Gasteiger partial charge in [0, 0.05) is 44.2 Å². The van der Waals surface area contributed by atoms with Gasteiger partial charge < -0.3 is 16.0 Å². The van der Waals surface area contributed by atoms with Gasteiger partial charge in [-0.3, -0.25) is 14.7 Å². The number of nitrogens with zero attached hydrogens (tertiary/aromatic N) is 2. The molecule has 1 aromatic rings. The Kier molecular flexibility index (Phi) is 7.35. The standard InChI is InChI=1S/C20H30ClN5O/c1-22-20(25-17-6-7-19(27)23-13-17)24-12-15-8-10-26(11-9-15)14-16-4-2-3-5-18(16)21/h2-5,15,17H,6-14H2,1H3,(H,23,27)(H2,22,24,25). The first kappa shape index (κ1) is 20.0. The van der Waals surface area contributed by atoms with E-state index in [9.17, 15) is 4.79 Å². The fraction of sp³-hybridized carbons (Fsp3) is 0.600. The number of rotatable bonds is 5. The molecule has 3 rings (SSSR count). The van der Waals surface area contributed by atoms with E-state index in [1.165, 1.54) is 18.4 Å². The average Bonchev–Trinajstić information content (AvgIpc) is 2.69. The van der Waals surface area contributed by atoms with Crippen molar-refractivity contribution in [3.8, 4) is 0 Å². The second kappa shape index (κ2) is 9.95. The number of carbonyl (C=O) groups excluding carboxylic acids is 1. The Bertz CT molecular complexity index is 648. The number of piperidine rings is 2. The van der Waals surface area contributed by atoms with E-state index >= 15 is 0 Å². The summed E-state index contributed by atoms with van der Waals surface area (Å²) >= 11 is 6.28. The van der Waals surface area contributed by atoms with Crippen LogP contribution in [0.2, 0.25) is 5.02 Å². The van der Waals surface area contributed by atoms with Gasteiger partial charge >= 0.3 is 0 Å². The lowest BCUT2D eigenvalue weighted by molar-refractivity contribution is -0.122. The Labute approximate surface area is 166 Å². The monoisotopic (exact) mass is 391 g/mol. The first-order valence-corrected chi connectivity index (χ1v) is 10.2. The van der Waals surface area contributed by atoms with Gasteiger partial charge in [0.1, 0.15) is 0 Å². The van der Waals surface area contributed by atoms with Crippen LogP contribution in [0.25, 0.3) is 0 Å². The molecule has 2 fully saturated rings. The molecule has 2 aliphatic rings. The number of aliphatic imine (C=N–C) groups is 1. The molecular formula is C20H30ClN5O. The Balaban J connectivity index is 1.37. The second-order valence-corrected chi connectivity index (χ2v) is 7.86. The van der Waals surface area contributed by atoms with Crippen molar-refractivity contribution in [2.75, 3.05) is 33.2 Å². The number of carbonyl (C=O) groups is 1. The zero-order chi connectivity index (χ0) is 19.1. The molecule has 1 atom stereocenters. The average molecular weight is 392 g/mol. The van der Waals surface area contributed by atoms with E-state index in [-0.39, 0.29) is 11.9 Å². The van der Waals surface area contributed by atoms with Gasteiger partial charge in [-0.2, -0.15) is 0 Å². The number of hydrogen-bond acceptors (Lipinski definition) is 3. The molecule has 2 aliphatic heterocycles. The molecular weight excluding hydrogens is 362 g/mol. The largest absolute Gasteiger partial charge is 0.356 e. The molecule has 0 aromatic heterocycles. The highest BCUT2D eigenvalue weighted by atomic mass is 35.5. The molecule has 0 radical (unpaired) electrons. The fourth-order valence-electron chi connectivity index (χ4n) is 3.70. The van der Waals surface area contributed by atoms with Gasteiger partial charge in [0.15, 0.2) is 5.96 Å². The highest BCUT2D eigenvalue weighted by Crippen LogP contribution is 2.21. The van der Waals surface area contributed by atoms with E-state index in [1.807, 2.05) is 18.2 Å². The van der Waals surface area contributed by atoms with Crippen molar-refractivity contribution in [1.82, 2.24) is 20.9 Å². The van der Waals surface area contributed by atoms with Crippen molar-refractivity contribution in [1.29, 1.82) is 0 Å². The van der Waals surface area contributed by atoms with E-state index in [0.717, 1.165) is 43.6 Å². The Hall–Kier alpha value is -1.79. The zero-order valence-electron chi connectivity index (χ0n) is 16.0. The van der Waals surface area contributed by atoms with Gasteiger partial charge in [-0.15, -0.1) is 0 Å². The van der Waals surface area contributed by atoms with E-state index in [0.29, 0.717) is 18.9 Å². The van der Waals surface area contributed by atoms with Crippen LogP contribution in [0.1, 0.15) is 31.2 Å². The lowest BCUT2D eigenvalue weighted by Gasteiger charge is -2.33. The smallest absolute Gasteiger partial charge is 0.220 e. The maximum atomic E-state index is 11.3. The summed E-state index contributed by atoms with van der Waals surface area (Å²) in [6, 6.07) is 8.36. The van der Waals surface area contributed by atoms with Crippen molar-refractivity contribution < 1.29 is 4.79 Å². The summed E-state index contributed by atoms with van der Waals surface area (Å²) in [5, 5.41) is 10.6. The van der Waals surface area contributed by atoms with E-state index in [4.69, 9.17) is 11.6 Å². The maximum Gasteiger partial charge on any atom is 0.220 e. The van der Waals surface area contributed by atoms with Gasteiger partial charge in [-0.1, -0.05) is 29.8 Å². The molecule has 6 nitrogen and oxygen atoms in total. The SMILES string of the molecule is CN=C(NCC1CCN(Cc2ccccc2Cl)CC1)NC1CCC(=O)NC1. The number of amides is 1. The molecule has 0 saturated carbocycles. The van der Waals surface area contributed by atoms with Crippen LogP contribution in [0.5, 0.6) is 0 Å². The molecule has 2 saturated heterocycles. The third-order valence-corrected chi connectivity index (χ3v) is 5.82. The molecule has 7 heteroatoms. The number of likely N-dealkylation sites (tertiary alicyclic amines) is 1. The van der Waals surface area contributed by atoms with Crippen molar-refractivity contribution >= 4 is 23.5 Å². The topological polar surface area (TPSA) is 68.8 Å². The van der Waals surface area contributed by atoms with Crippen molar-refractivity contribution in [2.24, 2.45) is 10.9 Å². The molecule has 148 valence electrons. The highest BCUT2D eigenvalue weighted by molar-refractivity contribution is 6.31. The van der Waals surface area contributed by atoms with Crippen LogP contribution in [-0.2, 0) is 11.3 Å². The van der Waals surface area contributed by atoms with Gasteiger partial charge in [-0.05, 0) is 49.9 Å². The van der Waals surface area contributed by atoms with Crippen LogP contribution in [0, 0.1) is 5.92 Å². The molecule has 2 heterocycles. The zero-order valence-corrected chi connectivity index (χ0v) is 16.8. The number of benzene rings is 1. The van der Waals surface area contributed by atoms with Crippen molar-refractivity contribution in [3.05, 3.63) is 34.9 Å². The minimum atomic E-state index is 0.138. The molecule has 0 aliphatic carbocycles. The van der Waals surface area contributed by atoms with Crippen molar-refractivity contribution in [2.45, 2.75) is 38.3 Å². The first-order valence-electron chi connectivity index (χ1n) is 9.83. The molecule has 27 heavy (non-hydrogen) atoms. The van der Waals surface area contributed by atoms with Gasteiger partial charge in [0.25, 0.3) is 0 Å². The van der Waals surface area contributed by atoms with Crippen LogP contribution in [-0.4, -0.2) is 56.0 Å². The van der Waals surface area contributed by atoms with E-state index < -0.39 is 0 Å². The minimum Gasteiger partial charge on any atom is -0.356 e. The van der Waals surface area contributed by atoms with Crippen molar-refractivity contribution in [3.63, 3.8) is 0 Å². The fourth-order valence-corrected chi connectivity index (χ4v) is 3.90. The van der Waals surface area contributed by atoms with Gasteiger partial charge in [0.2, 0.25) is 5.91 Å². The number of hydrogen-bond donors (Lipinski definition) is 3. The lowest BCUT2D eigenvalue weighted by atomic mass is 9.96. The predicted molar refractivity (Wildman–Crippen MR) is 110 cm³/mol. The summed E-state index contributed by atoms with van der Waals surface area (Å²) < 4.78 is 0. The molecule has 0 spiro atoms. The summed E-state index contributed by atoms with van der Waals surface area (Å²) in [7, 11) is 1.79. The molecule has 3 N–H and O–H groups in total. The first-order chi connectivity index (χ1) is 13.1. The molecule has 1 amide bonds. The number of nitrogens with one attached hydrogen (secondary N) is 3. The Morgan fingerprint density at radius 2 is 2.07 bits per heavy atom. The quantitative estimate of drug-likeness (QED) is 0.530. The molecule has 0 bridgehead atoms. The maximum absolute atomic E-state index is 11.3. The Morgan fingerprint density at radius 3 is 2.74 bits per heavy atom. The van der Waals surface area contributed by atoms with Gasteiger partial charge in [0.05, 0.1) is 0 Å². The number of halogens is 1. The van der Waals surface area contributed by atoms with Crippen LogP contribution in [0.15, 0.2) is 29.3 Å². The Morgan fingerprint density at radius 1 is 1.30 bits per heavy atom. The minimum absolute atomic E-state index is 0.138. The van der Waals surface area contributed by atoms with E-state index in [1.54, 1.807) is 7.05 Å². The normalized spacial score (nSPS) is 22.4. The van der Waals surface area contributed by atoms with Crippen LogP contribution in [0.4, 0.5) is 0 Å². The summed E-state index contributed by atoms with van der Waals surface area (Å²) in [5.41, 5.74) is 1.21. The van der Waals surface area contributed by atoms with Crippen LogP contribution >= 0.6 is 11.6 Å². The third kappa shape index (κ3) is 6.11. The molecule has 1 unspecified atom stereocenters.